The summed E-state index contributed by atoms with van der Waals surface area (Å²) in [6.45, 7) is 0.360. The second-order valence-electron chi connectivity index (χ2n) is 4.03. The molecule has 0 spiro atoms. The van der Waals surface area contributed by atoms with E-state index < -0.39 is 0 Å². The molecule has 2 aromatic rings. The lowest BCUT2D eigenvalue weighted by Gasteiger charge is -2.03. The smallest absolute Gasteiger partial charge is 0.119 e. The third kappa shape index (κ3) is 4.54. The first kappa shape index (κ1) is 13.8. The first-order valence-electron chi connectivity index (χ1n) is 6.05. The van der Waals surface area contributed by atoms with Gasteiger partial charge in [-0.2, -0.15) is 0 Å². The van der Waals surface area contributed by atoms with Crippen LogP contribution in [0.5, 0.6) is 5.75 Å². The molecule has 0 radical (unpaired) electrons. The van der Waals surface area contributed by atoms with Crippen molar-refractivity contribution in [3.63, 3.8) is 0 Å². The van der Waals surface area contributed by atoms with E-state index in [-0.39, 0.29) is 6.61 Å². The molecule has 0 atom stereocenters. The molecule has 19 heavy (non-hydrogen) atoms. The van der Waals surface area contributed by atoms with Gasteiger partial charge < -0.3 is 9.84 Å². The van der Waals surface area contributed by atoms with Gasteiger partial charge in [0.25, 0.3) is 0 Å². The maximum absolute atomic E-state index is 8.67. The van der Waals surface area contributed by atoms with Crippen molar-refractivity contribution in [2.24, 2.45) is 0 Å². The standard InChI is InChI=1S/C16H15BrO2/c17-15-7-3-13(4-8-15)1-2-14-5-9-16(10-6-14)19-12-11-18/h1-10,18H,11-12H2/b2-1+. The quantitative estimate of drug-likeness (QED) is 0.845. The maximum Gasteiger partial charge on any atom is 0.119 e. The highest BCUT2D eigenvalue weighted by atomic mass is 79.9. The number of hydrogen-bond donors (Lipinski definition) is 1. The third-order valence-corrected chi connectivity index (χ3v) is 3.11. The normalized spacial score (nSPS) is 10.8. The van der Waals surface area contributed by atoms with Crippen LogP contribution >= 0.6 is 15.9 Å². The molecule has 3 heteroatoms. The fourth-order valence-electron chi connectivity index (χ4n) is 1.60. The molecule has 0 fully saturated rings. The van der Waals surface area contributed by atoms with E-state index in [0.29, 0.717) is 6.61 Å². The zero-order valence-electron chi connectivity index (χ0n) is 10.4. The van der Waals surface area contributed by atoms with Crippen molar-refractivity contribution in [2.75, 3.05) is 13.2 Å². The van der Waals surface area contributed by atoms with Crippen LogP contribution in [0, 0.1) is 0 Å². The van der Waals surface area contributed by atoms with E-state index in [2.05, 4.69) is 40.2 Å². The maximum atomic E-state index is 8.67. The van der Waals surface area contributed by atoms with Crippen molar-refractivity contribution in [2.45, 2.75) is 0 Å². The molecule has 0 amide bonds. The molecule has 0 bridgehead atoms. The first-order chi connectivity index (χ1) is 9.28. The molecule has 0 aliphatic carbocycles. The minimum absolute atomic E-state index is 0.0330. The van der Waals surface area contributed by atoms with Crippen molar-refractivity contribution in [3.05, 3.63) is 64.1 Å². The van der Waals surface area contributed by atoms with Gasteiger partial charge in [-0.15, -0.1) is 0 Å². The predicted octanol–water partition coefficient (Wildman–Crippen LogP) is 3.99. The largest absolute Gasteiger partial charge is 0.491 e. The summed E-state index contributed by atoms with van der Waals surface area (Å²) >= 11 is 3.41. The van der Waals surface area contributed by atoms with Crippen LogP contribution in [0.3, 0.4) is 0 Å². The van der Waals surface area contributed by atoms with Gasteiger partial charge in [0, 0.05) is 4.47 Å². The molecule has 2 aromatic carbocycles. The molecule has 0 saturated carbocycles. The lowest BCUT2D eigenvalue weighted by molar-refractivity contribution is 0.201. The Balaban J connectivity index is 2.00. The van der Waals surface area contributed by atoms with Gasteiger partial charge in [0.1, 0.15) is 12.4 Å². The molecule has 0 heterocycles. The zero-order chi connectivity index (χ0) is 13.5. The van der Waals surface area contributed by atoms with Gasteiger partial charge in [-0.05, 0) is 35.4 Å². The summed E-state index contributed by atoms with van der Waals surface area (Å²) in [7, 11) is 0. The number of aliphatic hydroxyl groups excluding tert-OH is 1. The lowest BCUT2D eigenvalue weighted by Crippen LogP contribution is -2.01. The zero-order valence-corrected chi connectivity index (χ0v) is 12.0. The van der Waals surface area contributed by atoms with Crippen molar-refractivity contribution >= 4 is 28.1 Å². The van der Waals surface area contributed by atoms with Gasteiger partial charge in [0.2, 0.25) is 0 Å². The predicted molar refractivity (Wildman–Crippen MR) is 82.1 cm³/mol. The van der Waals surface area contributed by atoms with Gasteiger partial charge in [-0.3, -0.25) is 0 Å². The summed E-state index contributed by atoms with van der Waals surface area (Å²) in [5.41, 5.74) is 2.27. The first-order valence-corrected chi connectivity index (χ1v) is 6.84. The van der Waals surface area contributed by atoms with Crippen LogP contribution in [0.2, 0.25) is 0 Å². The average molecular weight is 319 g/mol. The number of benzene rings is 2. The Labute approximate surface area is 121 Å². The molecule has 1 N–H and O–H groups in total. The van der Waals surface area contributed by atoms with E-state index in [1.54, 1.807) is 0 Å². The third-order valence-electron chi connectivity index (χ3n) is 2.58. The van der Waals surface area contributed by atoms with Crippen molar-refractivity contribution in [1.29, 1.82) is 0 Å². The second kappa shape index (κ2) is 7.12. The number of rotatable bonds is 5. The van der Waals surface area contributed by atoms with Gasteiger partial charge in [0.15, 0.2) is 0 Å². The molecule has 2 rings (SSSR count). The lowest BCUT2D eigenvalue weighted by atomic mass is 10.1. The summed E-state index contributed by atoms with van der Waals surface area (Å²) in [6.07, 6.45) is 4.12. The van der Waals surface area contributed by atoms with E-state index in [1.165, 1.54) is 0 Å². The van der Waals surface area contributed by atoms with Gasteiger partial charge in [-0.1, -0.05) is 52.3 Å². The SMILES string of the molecule is OCCOc1ccc(/C=C/c2ccc(Br)cc2)cc1. The fraction of sp³-hybridized carbons (Fsp3) is 0.125. The van der Waals surface area contributed by atoms with Crippen molar-refractivity contribution in [3.8, 4) is 5.75 Å². The van der Waals surface area contributed by atoms with E-state index >= 15 is 0 Å². The number of ether oxygens (including phenoxy) is 1. The Morgan fingerprint density at radius 2 is 1.42 bits per heavy atom. The van der Waals surface area contributed by atoms with Gasteiger partial charge in [-0.25, -0.2) is 0 Å². The molecular weight excluding hydrogens is 304 g/mol. The summed E-state index contributed by atoms with van der Waals surface area (Å²) in [5, 5.41) is 8.67. The molecule has 0 aliphatic rings. The van der Waals surface area contributed by atoms with E-state index in [4.69, 9.17) is 9.84 Å². The number of halogens is 1. The summed E-state index contributed by atoms with van der Waals surface area (Å²) in [4.78, 5) is 0. The molecular formula is C16H15BrO2. The monoisotopic (exact) mass is 318 g/mol. The number of aliphatic hydroxyl groups is 1. The van der Waals surface area contributed by atoms with E-state index in [1.807, 2.05) is 36.4 Å². The van der Waals surface area contributed by atoms with E-state index in [0.717, 1.165) is 21.3 Å². The molecule has 0 saturated heterocycles. The van der Waals surface area contributed by atoms with Crippen LogP contribution in [0.25, 0.3) is 12.2 Å². The highest BCUT2D eigenvalue weighted by molar-refractivity contribution is 9.10. The molecule has 0 aromatic heterocycles. The Bertz CT molecular complexity index is 530. The van der Waals surface area contributed by atoms with Crippen LogP contribution in [0.1, 0.15) is 11.1 Å². The summed E-state index contributed by atoms with van der Waals surface area (Å²) in [6, 6.07) is 15.9. The Hall–Kier alpha value is -1.58. The molecule has 0 aliphatic heterocycles. The average Bonchev–Trinajstić information content (AvgIpc) is 2.46. The second-order valence-corrected chi connectivity index (χ2v) is 4.94. The van der Waals surface area contributed by atoms with Crippen LogP contribution in [-0.2, 0) is 0 Å². The highest BCUT2D eigenvalue weighted by Gasteiger charge is 1.93. The fourth-order valence-corrected chi connectivity index (χ4v) is 1.87. The Morgan fingerprint density at radius 1 is 0.895 bits per heavy atom. The van der Waals surface area contributed by atoms with Crippen LogP contribution < -0.4 is 4.74 Å². The van der Waals surface area contributed by atoms with Crippen molar-refractivity contribution in [1.82, 2.24) is 0 Å². The highest BCUT2D eigenvalue weighted by Crippen LogP contribution is 2.16. The van der Waals surface area contributed by atoms with Gasteiger partial charge >= 0.3 is 0 Å². The topological polar surface area (TPSA) is 29.5 Å². The Kier molecular flexibility index (Phi) is 5.19. The summed E-state index contributed by atoms with van der Waals surface area (Å²) < 4.78 is 6.39. The van der Waals surface area contributed by atoms with Crippen LogP contribution in [0.4, 0.5) is 0 Å². The van der Waals surface area contributed by atoms with Gasteiger partial charge in [0.05, 0.1) is 6.61 Å². The minimum atomic E-state index is 0.0330. The molecule has 2 nitrogen and oxygen atoms in total. The molecule has 98 valence electrons. The van der Waals surface area contributed by atoms with Crippen LogP contribution in [0.15, 0.2) is 53.0 Å². The summed E-state index contributed by atoms with van der Waals surface area (Å²) in [5.74, 6) is 0.773. The van der Waals surface area contributed by atoms with Crippen molar-refractivity contribution < 1.29 is 9.84 Å². The number of hydrogen-bond acceptors (Lipinski definition) is 2. The van der Waals surface area contributed by atoms with Crippen LogP contribution in [-0.4, -0.2) is 18.3 Å². The molecule has 0 unspecified atom stereocenters. The Morgan fingerprint density at radius 3 is 1.95 bits per heavy atom. The van der Waals surface area contributed by atoms with E-state index in [9.17, 15) is 0 Å². The minimum Gasteiger partial charge on any atom is -0.491 e.